The Hall–Kier alpha value is -1.40. The zero-order valence-corrected chi connectivity index (χ0v) is 13.8. The maximum atomic E-state index is 4.56. The molecule has 0 unspecified atom stereocenters. The van der Waals surface area contributed by atoms with E-state index in [9.17, 15) is 0 Å². The second-order valence-electron chi connectivity index (χ2n) is 5.98. The predicted molar refractivity (Wildman–Crippen MR) is 86.8 cm³/mol. The highest BCUT2D eigenvalue weighted by Gasteiger charge is 2.17. The summed E-state index contributed by atoms with van der Waals surface area (Å²) in [6, 6.07) is 0.434. The zero-order chi connectivity index (χ0) is 14.8. The molecule has 0 spiro atoms. The third-order valence-electron chi connectivity index (χ3n) is 3.70. The summed E-state index contributed by atoms with van der Waals surface area (Å²) in [5.41, 5.74) is 2.68. The van der Waals surface area contributed by atoms with Crippen molar-refractivity contribution in [3.63, 3.8) is 0 Å². The van der Waals surface area contributed by atoms with Gasteiger partial charge in [-0.3, -0.25) is 9.58 Å². The fraction of sp³-hybridized carbons (Fsp3) is 0.600. The largest absolute Gasteiger partial charge is 0.359 e. The quantitative estimate of drug-likeness (QED) is 0.941. The van der Waals surface area contributed by atoms with Crippen LogP contribution in [-0.2, 0) is 26.4 Å². The predicted octanol–water partition coefficient (Wildman–Crippen LogP) is 2.30. The molecule has 21 heavy (non-hydrogen) atoms. The lowest BCUT2D eigenvalue weighted by Crippen LogP contribution is -2.25. The van der Waals surface area contributed by atoms with Gasteiger partial charge in [0, 0.05) is 56.4 Å². The Balaban J connectivity index is 1.59. The Morgan fingerprint density at radius 1 is 1.33 bits per heavy atom. The SMILES string of the molecule is CC(C)Nc1ncc(CN2CCc3cn(C)nc3CC2)s1. The molecule has 0 saturated heterocycles. The molecule has 1 aliphatic heterocycles. The van der Waals surface area contributed by atoms with Crippen LogP contribution in [0.2, 0.25) is 0 Å². The van der Waals surface area contributed by atoms with Crippen LogP contribution in [0.5, 0.6) is 0 Å². The molecule has 0 fully saturated rings. The average molecular weight is 305 g/mol. The van der Waals surface area contributed by atoms with Crippen LogP contribution in [0.15, 0.2) is 12.4 Å². The zero-order valence-electron chi connectivity index (χ0n) is 13.0. The molecule has 5 nitrogen and oxygen atoms in total. The molecule has 2 aromatic heterocycles. The molecule has 1 N–H and O–H groups in total. The topological polar surface area (TPSA) is 46.0 Å². The molecule has 0 aliphatic carbocycles. The van der Waals surface area contributed by atoms with Crippen molar-refractivity contribution in [2.45, 2.75) is 39.3 Å². The van der Waals surface area contributed by atoms with E-state index in [-0.39, 0.29) is 0 Å². The molecule has 6 heteroatoms. The number of aryl methyl sites for hydroxylation is 1. The van der Waals surface area contributed by atoms with Crippen LogP contribution in [0, 0.1) is 0 Å². The van der Waals surface area contributed by atoms with Crippen molar-refractivity contribution in [1.82, 2.24) is 19.7 Å². The van der Waals surface area contributed by atoms with Crippen LogP contribution in [-0.4, -0.2) is 38.8 Å². The Kier molecular flexibility index (Phi) is 4.26. The average Bonchev–Trinajstić information content (AvgIpc) is 2.94. The van der Waals surface area contributed by atoms with E-state index < -0.39 is 0 Å². The number of thiazole rings is 1. The first-order valence-electron chi connectivity index (χ1n) is 7.55. The number of anilines is 1. The summed E-state index contributed by atoms with van der Waals surface area (Å²) in [6.07, 6.45) is 6.31. The fourth-order valence-electron chi connectivity index (χ4n) is 2.73. The number of nitrogens with zero attached hydrogens (tertiary/aromatic N) is 4. The van der Waals surface area contributed by atoms with E-state index in [1.165, 1.54) is 16.1 Å². The first-order valence-corrected chi connectivity index (χ1v) is 8.37. The van der Waals surface area contributed by atoms with Gasteiger partial charge in [0.2, 0.25) is 0 Å². The van der Waals surface area contributed by atoms with Gasteiger partial charge in [-0.15, -0.1) is 11.3 Å². The van der Waals surface area contributed by atoms with Crippen molar-refractivity contribution in [3.8, 4) is 0 Å². The van der Waals surface area contributed by atoms with E-state index in [0.717, 1.165) is 37.6 Å². The van der Waals surface area contributed by atoms with E-state index in [4.69, 9.17) is 0 Å². The van der Waals surface area contributed by atoms with Crippen molar-refractivity contribution in [3.05, 3.63) is 28.5 Å². The molecule has 3 rings (SSSR count). The van der Waals surface area contributed by atoms with Gasteiger partial charge in [-0.05, 0) is 25.8 Å². The number of hydrogen-bond donors (Lipinski definition) is 1. The van der Waals surface area contributed by atoms with Crippen LogP contribution in [0.4, 0.5) is 5.13 Å². The Bertz CT molecular complexity index is 575. The molecular weight excluding hydrogens is 282 g/mol. The molecule has 0 radical (unpaired) electrons. The standard InChI is InChI=1S/C15H23N5S/c1-11(2)17-15-16-8-13(21-15)10-20-6-4-12-9-19(3)18-14(12)5-7-20/h8-9,11H,4-7,10H2,1-3H3,(H,16,17). The van der Waals surface area contributed by atoms with Gasteiger partial charge in [-0.1, -0.05) is 0 Å². The third-order valence-corrected chi connectivity index (χ3v) is 4.61. The molecule has 2 aromatic rings. The van der Waals surface area contributed by atoms with Gasteiger partial charge in [-0.25, -0.2) is 4.98 Å². The molecule has 114 valence electrons. The summed E-state index contributed by atoms with van der Waals surface area (Å²) < 4.78 is 1.94. The first kappa shape index (κ1) is 14.5. The van der Waals surface area contributed by atoms with Crippen LogP contribution < -0.4 is 5.32 Å². The summed E-state index contributed by atoms with van der Waals surface area (Å²) in [7, 11) is 2.01. The summed E-state index contributed by atoms with van der Waals surface area (Å²) in [6.45, 7) is 7.45. The third kappa shape index (κ3) is 3.63. The fourth-order valence-corrected chi connectivity index (χ4v) is 3.73. The molecule has 0 atom stereocenters. The van der Waals surface area contributed by atoms with E-state index in [1.54, 1.807) is 11.3 Å². The van der Waals surface area contributed by atoms with Crippen molar-refractivity contribution in [1.29, 1.82) is 0 Å². The van der Waals surface area contributed by atoms with Gasteiger partial charge in [-0.2, -0.15) is 5.10 Å². The van der Waals surface area contributed by atoms with Crippen molar-refractivity contribution in [2.75, 3.05) is 18.4 Å². The van der Waals surface area contributed by atoms with Gasteiger partial charge in [0.05, 0.1) is 5.69 Å². The van der Waals surface area contributed by atoms with Crippen LogP contribution >= 0.6 is 11.3 Å². The summed E-state index contributed by atoms with van der Waals surface area (Å²) in [5, 5.41) is 8.95. The Morgan fingerprint density at radius 2 is 2.14 bits per heavy atom. The molecule has 1 aliphatic rings. The summed E-state index contributed by atoms with van der Waals surface area (Å²) >= 11 is 1.77. The van der Waals surface area contributed by atoms with Gasteiger partial charge < -0.3 is 5.32 Å². The van der Waals surface area contributed by atoms with Gasteiger partial charge in [0.15, 0.2) is 5.13 Å². The van der Waals surface area contributed by atoms with Crippen LogP contribution in [0.3, 0.4) is 0 Å². The monoisotopic (exact) mass is 305 g/mol. The smallest absolute Gasteiger partial charge is 0.183 e. The first-order chi connectivity index (χ1) is 10.1. The lowest BCUT2D eigenvalue weighted by molar-refractivity contribution is 0.280. The van der Waals surface area contributed by atoms with Crippen molar-refractivity contribution >= 4 is 16.5 Å². The van der Waals surface area contributed by atoms with Gasteiger partial charge in [0.25, 0.3) is 0 Å². The number of fused-ring (bicyclic) bond motifs is 1. The van der Waals surface area contributed by atoms with Crippen LogP contribution in [0.25, 0.3) is 0 Å². The normalized spacial score (nSPS) is 16.0. The lowest BCUT2D eigenvalue weighted by Gasteiger charge is -2.18. The highest BCUT2D eigenvalue weighted by Crippen LogP contribution is 2.22. The molecular formula is C15H23N5S. The lowest BCUT2D eigenvalue weighted by atomic mass is 10.2. The van der Waals surface area contributed by atoms with Crippen molar-refractivity contribution in [2.24, 2.45) is 7.05 Å². The minimum Gasteiger partial charge on any atom is -0.359 e. The summed E-state index contributed by atoms with van der Waals surface area (Å²) in [5.74, 6) is 0. The van der Waals surface area contributed by atoms with Crippen molar-refractivity contribution < 1.29 is 0 Å². The molecule has 3 heterocycles. The Labute approximate surface area is 130 Å². The second-order valence-corrected chi connectivity index (χ2v) is 7.10. The Morgan fingerprint density at radius 3 is 2.95 bits per heavy atom. The van der Waals surface area contributed by atoms with Gasteiger partial charge in [0.1, 0.15) is 0 Å². The molecule has 0 amide bonds. The van der Waals surface area contributed by atoms with E-state index >= 15 is 0 Å². The number of nitrogens with one attached hydrogen (secondary N) is 1. The summed E-state index contributed by atoms with van der Waals surface area (Å²) in [4.78, 5) is 8.29. The minimum atomic E-state index is 0.434. The molecule has 0 aromatic carbocycles. The number of rotatable bonds is 4. The molecule has 0 bridgehead atoms. The number of hydrogen-bond acceptors (Lipinski definition) is 5. The molecule has 0 saturated carbocycles. The van der Waals surface area contributed by atoms with Crippen LogP contribution in [0.1, 0.15) is 30.0 Å². The number of aromatic nitrogens is 3. The highest BCUT2D eigenvalue weighted by atomic mass is 32.1. The maximum absolute atomic E-state index is 4.56. The van der Waals surface area contributed by atoms with Gasteiger partial charge >= 0.3 is 0 Å². The highest BCUT2D eigenvalue weighted by molar-refractivity contribution is 7.15. The van der Waals surface area contributed by atoms with E-state index in [0.29, 0.717) is 6.04 Å². The maximum Gasteiger partial charge on any atom is 0.183 e. The van der Waals surface area contributed by atoms with E-state index in [2.05, 4.69) is 40.3 Å². The van der Waals surface area contributed by atoms with E-state index in [1.807, 2.05) is 17.9 Å². The second kappa shape index (κ2) is 6.15. The minimum absolute atomic E-state index is 0.434.